The lowest BCUT2D eigenvalue weighted by molar-refractivity contribution is -0.00837. The average molecular weight is 262 g/mol. The minimum absolute atomic E-state index is 0.536. The van der Waals surface area contributed by atoms with E-state index in [1.54, 1.807) is 0 Å². The van der Waals surface area contributed by atoms with Crippen molar-refractivity contribution in [2.45, 2.75) is 44.2 Å². The zero-order valence-corrected chi connectivity index (χ0v) is 11.9. The molecule has 1 fully saturated rings. The minimum Gasteiger partial charge on any atom is -0.384 e. The van der Waals surface area contributed by atoms with E-state index in [-0.39, 0.29) is 0 Å². The van der Waals surface area contributed by atoms with Crippen molar-refractivity contribution in [2.24, 2.45) is 5.73 Å². The lowest BCUT2D eigenvalue weighted by Crippen LogP contribution is -2.47. The molecule has 0 saturated carbocycles. The fourth-order valence-electron chi connectivity index (χ4n) is 3.07. The highest BCUT2D eigenvalue weighted by molar-refractivity contribution is 5.21. The molecule has 2 rings (SSSR count). The zero-order valence-electron chi connectivity index (χ0n) is 11.9. The second kappa shape index (κ2) is 6.51. The molecule has 1 heterocycles. The summed E-state index contributed by atoms with van der Waals surface area (Å²) in [5.74, 6) is 0. The number of hydrogen-bond donors (Lipinski definition) is 2. The Kier molecular flexibility index (Phi) is 4.97. The van der Waals surface area contributed by atoms with Crippen LogP contribution in [-0.4, -0.2) is 35.7 Å². The molecule has 3 heteroatoms. The van der Waals surface area contributed by atoms with E-state index in [9.17, 15) is 5.11 Å². The van der Waals surface area contributed by atoms with Gasteiger partial charge in [0, 0.05) is 12.6 Å². The average Bonchev–Trinajstić information content (AvgIpc) is 2.42. The summed E-state index contributed by atoms with van der Waals surface area (Å²) in [5.41, 5.74) is 5.91. The van der Waals surface area contributed by atoms with Gasteiger partial charge in [-0.15, -0.1) is 0 Å². The van der Waals surface area contributed by atoms with Crippen LogP contribution in [0.15, 0.2) is 30.3 Å². The quantitative estimate of drug-likeness (QED) is 0.854. The van der Waals surface area contributed by atoms with Crippen LogP contribution < -0.4 is 5.73 Å². The molecule has 1 aliphatic heterocycles. The van der Waals surface area contributed by atoms with Gasteiger partial charge in [-0.3, -0.25) is 4.90 Å². The number of rotatable bonds is 5. The smallest absolute Gasteiger partial charge is 0.0994 e. The van der Waals surface area contributed by atoms with E-state index in [0.29, 0.717) is 12.6 Å². The number of piperidine rings is 1. The molecule has 0 amide bonds. The maximum Gasteiger partial charge on any atom is 0.0994 e. The van der Waals surface area contributed by atoms with Gasteiger partial charge < -0.3 is 10.8 Å². The number of likely N-dealkylation sites (tertiary alicyclic amines) is 1. The van der Waals surface area contributed by atoms with E-state index in [0.717, 1.165) is 25.1 Å². The van der Waals surface area contributed by atoms with Crippen molar-refractivity contribution < 1.29 is 5.11 Å². The number of hydrogen-bond acceptors (Lipinski definition) is 3. The molecular weight excluding hydrogens is 236 g/mol. The largest absolute Gasteiger partial charge is 0.384 e. The van der Waals surface area contributed by atoms with Gasteiger partial charge in [0.05, 0.1) is 5.60 Å². The van der Waals surface area contributed by atoms with Crippen LogP contribution in [0.2, 0.25) is 0 Å². The molecule has 0 aromatic heterocycles. The van der Waals surface area contributed by atoms with Crippen molar-refractivity contribution >= 4 is 0 Å². The summed E-state index contributed by atoms with van der Waals surface area (Å²) in [6, 6.07) is 10.5. The first kappa shape index (κ1) is 14.5. The van der Waals surface area contributed by atoms with Crippen LogP contribution in [0.5, 0.6) is 0 Å². The van der Waals surface area contributed by atoms with Crippen LogP contribution in [0.4, 0.5) is 0 Å². The Labute approximate surface area is 116 Å². The summed E-state index contributed by atoms with van der Waals surface area (Å²) in [6.45, 7) is 4.42. The summed E-state index contributed by atoms with van der Waals surface area (Å²) >= 11 is 0. The van der Waals surface area contributed by atoms with Gasteiger partial charge in [0.2, 0.25) is 0 Å². The standard InChI is InChI=1S/C16H26N2O/c1-16(19,14-7-3-2-4-8-14)13-18-12-6-5-9-15(18)10-11-17/h2-4,7-8,15,19H,5-6,9-13,17H2,1H3. The maximum absolute atomic E-state index is 10.8. The molecule has 3 N–H and O–H groups in total. The fourth-order valence-corrected chi connectivity index (χ4v) is 3.07. The molecule has 19 heavy (non-hydrogen) atoms. The summed E-state index contributed by atoms with van der Waals surface area (Å²) in [4.78, 5) is 2.42. The lowest BCUT2D eigenvalue weighted by atomic mass is 9.92. The van der Waals surface area contributed by atoms with E-state index in [2.05, 4.69) is 4.90 Å². The van der Waals surface area contributed by atoms with Crippen LogP contribution in [0, 0.1) is 0 Å². The molecule has 0 aliphatic carbocycles. The number of nitrogens with two attached hydrogens (primary N) is 1. The predicted molar refractivity (Wildman–Crippen MR) is 78.9 cm³/mol. The van der Waals surface area contributed by atoms with E-state index in [1.807, 2.05) is 37.3 Å². The van der Waals surface area contributed by atoms with Crippen LogP contribution in [0.3, 0.4) is 0 Å². The molecule has 0 bridgehead atoms. The van der Waals surface area contributed by atoms with Gasteiger partial charge in [-0.05, 0) is 44.8 Å². The lowest BCUT2D eigenvalue weighted by Gasteiger charge is -2.40. The van der Waals surface area contributed by atoms with E-state index < -0.39 is 5.60 Å². The maximum atomic E-state index is 10.8. The molecule has 1 aromatic carbocycles. The highest BCUT2D eigenvalue weighted by Crippen LogP contribution is 2.26. The second-order valence-corrected chi connectivity index (χ2v) is 5.84. The second-order valence-electron chi connectivity index (χ2n) is 5.84. The number of benzene rings is 1. The fraction of sp³-hybridized carbons (Fsp3) is 0.625. The van der Waals surface area contributed by atoms with Gasteiger partial charge in [0.1, 0.15) is 0 Å². The van der Waals surface area contributed by atoms with Crippen LogP contribution in [0.1, 0.15) is 38.2 Å². The molecule has 1 aromatic rings. The van der Waals surface area contributed by atoms with Crippen molar-refractivity contribution in [1.29, 1.82) is 0 Å². The van der Waals surface area contributed by atoms with E-state index in [1.165, 1.54) is 19.3 Å². The summed E-state index contributed by atoms with van der Waals surface area (Å²) in [7, 11) is 0. The molecule has 0 spiro atoms. The first-order valence-corrected chi connectivity index (χ1v) is 7.35. The zero-order chi connectivity index (χ0) is 13.7. The van der Waals surface area contributed by atoms with Crippen LogP contribution in [0.25, 0.3) is 0 Å². The Morgan fingerprint density at radius 1 is 1.32 bits per heavy atom. The Morgan fingerprint density at radius 2 is 2.05 bits per heavy atom. The predicted octanol–water partition coefficient (Wildman–Crippen LogP) is 2.10. The van der Waals surface area contributed by atoms with Crippen molar-refractivity contribution in [3.63, 3.8) is 0 Å². The molecule has 106 valence electrons. The van der Waals surface area contributed by atoms with Crippen molar-refractivity contribution in [3.05, 3.63) is 35.9 Å². The Morgan fingerprint density at radius 3 is 2.74 bits per heavy atom. The van der Waals surface area contributed by atoms with E-state index >= 15 is 0 Å². The number of aliphatic hydroxyl groups is 1. The highest BCUT2D eigenvalue weighted by Gasteiger charge is 2.30. The third kappa shape index (κ3) is 3.78. The number of β-amino-alcohol motifs (C(OH)–C–C–N with tert-alkyl or cyclic N) is 1. The summed E-state index contributed by atoms with van der Waals surface area (Å²) in [5, 5.41) is 10.8. The normalized spacial score (nSPS) is 24.1. The van der Waals surface area contributed by atoms with Crippen molar-refractivity contribution in [1.82, 2.24) is 4.90 Å². The molecule has 1 saturated heterocycles. The summed E-state index contributed by atoms with van der Waals surface area (Å²) < 4.78 is 0. The van der Waals surface area contributed by atoms with E-state index in [4.69, 9.17) is 5.73 Å². The monoisotopic (exact) mass is 262 g/mol. The Balaban J connectivity index is 2.05. The summed E-state index contributed by atoms with van der Waals surface area (Å²) in [6.07, 6.45) is 4.76. The molecule has 2 atom stereocenters. The topological polar surface area (TPSA) is 49.5 Å². The molecule has 1 aliphatic rings. The molecule has 3 nitrogen and oxygen atoms in total. The highest BCUT2D eigenvalue weighted by atomic mass is 16.3. The third-order valence-corrected chi connectivity index (χ3v) is 4.16. The van der Waals surface area contributed by atoms with Crippen molar-refractivity contribution in [2.75, 3.05) is 19.6 Å². The first-order valence-electron chi connectivity index (χ1n) is 7.35. The van der Waals surface area contributed by atoms with Gasteiger partial charge >= 0.3 is 0 Å². The Hall–Kier alpha value is -0.900. The van der Waals surface area contributed by atoms with Gasteiger partial charge in [-0.25, -0.2) is 0 Å². The van der Waals surface area contributed by atoms with Crippen molar-refractivity contribution in [3.8, 4) is 0 Å². The molecular formula is C16H26N2O. The third-order valence-electron chi connectivity index (χ3n) is 4.16. The van der Waals surface area contributed by atoms with Crippen LogP contribution in [-0.2, 0) is 5.60 Å². The SMILES string of the molecule is CC(O)(CN1CCCCC1CCN)c1ccccc1. The minimum atomic E-state index is -0.786. The molecule has 0 radical (unpaired) electrons. The van der Waals surface area contributed by atoms with Gasteiger partial charge in [0.15, 0.2) is 0 Å². The van der Waals surface area contributed by atoms with Gasteiger partial charge in [-0.2, -0.15) is 0 Å². The molecule has 2 unspecified atom stereocenters. The van der Waals surface area contributed by atoms with Gasteiger partial charge in [0.25, 0.3) is 0 Å². The van der Waals surface area contributed by atoms with Gasteiger partial charge in [-0.1, -0.05) is 36.8 Å². The van der Waals surface area contributed by atoms with Crippen LogP contribution >= 0.6 is 0 Å². The Bertz CT molecular complexity index is 376. The number of nitrogens with zero attached hydrogens (tertiary/aromatic N) is 1. The first-order chi connectivity index (χ1) is 9.13.